The van der Waals surface area contributed by atoms with Crippen molar-refractivity contribution in [2.24, 2.45) is 0 Å². The zero-order chi connectivity index (χ0) is 14.0. The second-order valence-electron chi connectivity index (χ2n) is 4.70. The van der Waals surface area contributed by atoms with Crippen molar-refractivity contribution in [3.8, 4) is 0 Å². The number of hydrogen-bond donors (Lipinski definition) is 0. The topological polar surface area (TPSA) is 53.5 Å². The summed E-state index contributed by atoms with van der Waals surface area (Å²) in [4.78, 5) is 6.63. The number of pyridine rings is 1. The lowest BCUT2D eigenvalue weighted by atomic mass is 10.2. The molecule has 1 aromatic heterocycles. The number of nitrogens with zero attached hydrogens (tertiary/aromatic N) is 3. The number of rotatable bonds is 3. The molecule has 0 aromatic carbocycles. The zero-order valence-electron chi connectivity index (χ0n) is 11.1. The number of anilines is 1. The van der Waals surface area contributed by atoms with Crippen molar-refractivity contribution in [2.45, 2.75) is 12.8 Å². The maximum atomic E-state index is 11.4. The molecule has 0 bridgehead atoms. The van der Waals surface area contributed by atoms with E-state index in [0.717, 1.165) is 17.1 Å². The molecule has 0 N–H and O–H groups in total. The van der Waals surface area contributed by atoms with Crippen molar-refractivity contribution in [2.75, 3.05) is 37.3 Å². The van der Waals surface area contributed by atoms with Gasteiger partial charge in [-0.25, -0.2) is 13.4 Å². The molecule has 0 aliphatic carbocycles. The highest BCUT2D eigenvalue weighted by molar-refractivity contribution is 7.88. The number of alkyl halides is 1. The molecule has 0 amide bonds. The van der Waals surface area contributed by atoms with E-state index in [-0.39, 0.29) is 0 Å². The molecule has 2 heterocycles. The van der Waals surface area contributed by atoms with Crippen LogP contribution < -0.4 is 4.90 Å². The predicted molar refractivity (Wildman–Crippen MR) is 77.2 cm³/mol. The fourth-order valence-corrected chi connectivity index (χ4v) is 3.25. The van der Waals surface area contributed by atoms with Gasteiger partial charge < -0.3 is 4.90 Å². The van der Waals surface area contributed by atoms with Gasteiger partial charge in [0.05, 0.1) is 6.26 Å². The molecular weight excluding hydrogens is 286 g/mol. The first kappa shape index (κ1) is 14.6. The van der Waals surface area contributed by atoms with Crippen LogP contribution in [0.25, 0.3) is 0 Å². The van der Waals surface area contributed by atoms with E-state index in [4.69, 9.17) is 11.6 Å². The number of piperazine rings is 1. The van der Waals surface area contributed by atoms with Crippen LogP contribution in [0, 0.1) is 6.92 Å². The second kappa shape index (κ2) is 5.64. The van der Waals surface area contributed by atoms with Gasteiger partial charge in [-0.1, -0.05) is 6.07 Å². The van der Waals surface area contributed by atoms with E-state index in [1.807, 2.05) is 19.1 Å². The minimum Gasteiger partial charge on any atom is -0.354 e. The van der Waals surface area contributed by atoms with Gasteiger partial charge in [-0.15, -0.1) is 11.6 Å². The average Bonchev–Trinajstić information content (AvgIpc) is 2.38. The van der Waals surface area contributed by atoms with Gasteiger partial charge in [0.1, 0.15) is 5.82 Å². The summed E-state index contributed by atoms with van der Waals surface area (Å²) in [6.45, 7) is 4.29. The highest BCUT2D eigenvalue weighted by Gasteiger charge is 2.24. The third-order valence-corrected chi connectivity index (χ3v) is 4.95. The molecule has 0 unspecified atom stereocenters. The maximum absolute atomic E-state index is 11.4. The molecule has 0 atom stereocenters. The van der Waals surface area contributed by atoms with Gasteiger partial charge in [0.25, 0.3) is 0 Å². The summed E-state index contributed by atoms with van der Waals surface area (Å²) in [5.74, 6) is 1.35. The van der Waals surface area contributed by atoms with Crippen LogP contribution in [0.15, 0.2) is 12.1 Å². The lowest BCUT2D eigenvalue weighted by molar-refractivity contribution is 0.387. The maximum Gasteiger partial charge on any atom is 0.211 e. The molecule has 7 heteroatoms. The van der Waals surface area contributed by atoms with E-state index in [1.165, 1.54) is 10.6 Å². The van der Waals surface area contributed by atoms with Crippen LogP contribution in [0.1, 0.15) is 11.3 Å². The second-order valence-corrected chi connectivity index (χ2v) is 6.95. The Morgan fingerprint density at radius 3 is 2.37 bits per heavy atom. The van der Waals surface area contributed by atoms with Crippen molar-refractivity contribution in [1.29, 1.82) is 0 Å². The molecular formula is C12H18ClN3O2S. The number of halogens is 1. The molecule has 1 aliphatic heterocycles. The summed E-state index contributed by atoms with van der Waals surface area (Å²) in [6, 6.07) is 3.93. The molecule has 1 saturated heterocycles. The molecule has 1 fully saturated rings. The van der Waals surface area contributed by atoms with Gasteiger partial charge in [-0.05, 0) is 18.6 Å². The Labute approximate surface area is 119 Å². The molecule has 5 nitrogen and oxygen atoms in total. The monoisotopic (exact) mass is 303 g/mol. The van der Waals surface area contributed by atoms with Gasteiger partial charge in [0, 0.05) is 37.8 Å². The van der Waals surface area contributed by atoms with Crippen LogP contribution in [0.4, 0.5) is 5.82 Å². The standard InChI is InChI=1S/C12H18ClN3O2S/c1-10-11(9-13)3-4-12(14-10)15-5-7-16(8-6-15)19(2,17)18/h3-4H,5-9H2,1-2H3. The van der Waals surface area contributed by atoms with E-state index >= 15 is 0 Å². The average molecular weight is 304 g/mol. The largest absolute Gasteiger partial charge is 0.354 e. The zero-order valence-corrected chi connectivity index (χ0v) is 12.7. The van der Waals surface area contributed by atoms with Crippen molar-refractivity contribution in [1.82, 2.24) is 9.29 Å². The Balaban J connectivity index is 2.08. The highest BCUT2D eigenvalue weighted by atomic mass is 35.5. The van der Waals surface area contributed by atoms with Crippen LogP contribution in [0.3, 0.4) is 0 Å². The van der Waals surface area contributed by atoms with E-state index in [2.05, 4.69) is 9.88 Å². The van der Waals surface area contributed by atoms with E-state index in [1.54, 1.807) is 0 Å². The van der Waals surface area contributed by atoms with Gasteiger partial charge in [0.15, 0.2) is 0 Å². The first-order valence-electron chi connectivity index (χ1n) is 6.14. The SMILES string of the molecule is Cc1nc(N2CCN(S(C)(=O)=O)CC2)ccc1CCl. The minimum atomic E-state index is -3.08. The fraction of sp³-hybridized carbons (Fsp3) is 0.583. The summed E-state index contributed by atoms with van der Waals surface area (Å²) in [5.41, 5.74) is 1.96. The molecule has 19 heavy (non-hydrogen) atoms. The number of aromatic nitrogens is 1. The van der Waals surface area contributed by atoms with E-state index in [9.17, 15) is 8.42 Å². The van der Waals surface area contributed by atoms with Gasteiger partial charge in [0.2, 0.25) is 10.0 Å². The minimum absolute atomic E-state index is 0.459. The lowest BCUT2D eigenvalue weighted by Gasteiger charge is -2.34. The summed E-state index contributed by atoms with van der Waals surface area (Å²) in [7, 11) is -3.08. The molecule has 0 saturated carbocycles. The molecule has 106 valence electrons. The summed E-state index contributed by atoms with van der Waals surface area (Å²) in [6.07, 6.45) is 1.25. The quantitative estimate of drug-likeness (QED) is 0.788. The Morgan fingerprint density at radius 2 is 1.89 bits per heavy atom. The predicted octanol–water partition coefficient (Wildman–Crippen LogP) is 1.21. The van der Waals surface area contributed by atoms with Crippen LogP contribution in [0.5, 0.6) is 0 Å². The first-order chi connectivity index (χ1) is 8.91. The number of hydrogen-bond acceptors (Lipinski definition) is 4. The van der Waals surface area contributed by atoms with Crippen LogP contribution in [-0.2, 0) is 15.9 Å². The lowest BCUT2D eigenvalue weighted by Crippen LogP contribution is -2.48. The van der Waals surface area contributed by atoms with Crippen LogP contribution >= 0.6 is 11.6 Å². The van der Waals surface area contributed by atoms with E-state index in [0.29, 0.717) is 32.1 Å². The Bertz CT molecular complexity index is 554. The first-order valence-corrected chi connectivity index (χ1v) is 8.52. The molecule has 1 aliphatic rings. The van der Waals surface area contributed by atoms with Crippen molar-refractivity contribution in [3.63, 3.8) is 0 Å². The van der Waals surface area contributed by atoms with Gasteiger partial charge in [-0.3, -0.25) is 0 Å². The molecule has 0 spiro atoms. The third-order valence-electron chi connectivity index (χ3n) is 3.36. The van der Waals surface area contributed by atoms with Crippen molar-refractivity contribution < 1.29 is 8.42 Å². The summed E-state index contributed by atoms with van der Waals surface area (Å²) < 4.78 is 24.4. The van der Waals surface area contributed by atoms with Crippen LogP contribution in [0.2, 0.25) is 0 Å². The third kappa shape index (κ3) is 3.38. The smallest absolute Gasteiger partial charge is 0.211 e. The molecule has 1 aromatic rings. The number of aryl methyl sites for hydroxylation is 1. The summed E-state index contributed by atoms with van der Waals surface area (Å²) >= 11 is 5.81. The number of sulfonamides is 1. The van der Waals surface area contributed by atoms with Crippen LogP contribution in [-0.4, -0.2) is 50.1 Å². The van der Waals surface area contributed by atoms with Crippen molar-refractivity contribution >= 4 is 27.4 Å². The van der Waals surface area contributed by atoms with Gasteiger partial charge >= 0.3 is 0 Å². The van der Waals surface area contributed by atoms with Gasteiger partial charge in [-0.2, -0.15) is 4.31 Å². The van der Waals surface area contributed by atoms with E-state index < -0.39 is 10.0 Å². The normalized spacial score (nSPS) is 17.7. The Hall–Kier alpha value is -0.850. The molecule has 0 radical (unpaired) electrons. The van der Waals surface area contributed by atoms with Crippen molar-refractivity contribution in [3.05, 3.63) is 23.4 Å². The fourth-order valence-electron chi connectivity index (χ4n) is 2.14. The Morgan fingerprint density at radius 1 is 1.26 bits per heavy atom. The summed E-state index contributed by atoms with van der Waals surface area (Å²) in [5, 5.41) is 0. The Kier molecular flexibility index (Phi) is 4.32. The highest BCUT2D eigenvalue weighted by Crippen LogP contribution is 2.18. The molecule has 2 rings (SSSR count).